The minimum absolute atomic E-state index is 0.597. The van der Waals surface area contributed by atoms with Gasteiger partial charge in [-0.25, -0.2) is 4.98 Å². The van der Waals surface area contributed by atoms with Crippen LogP contribution in [0, 0.1) is 6.92 Å². The molecule has 0 aliphatic carbocycles. The molecular formula is C12H17BrN2S. The lowest BCUT2D eigenvalue weighted by molar-refractivity contribution is 0.687. The number of aromatic nitrogens is 1. The van der Waals surface area contributed by atoms with Crippen LogP contribution in [0.5, 0.6) is 0 Å². The molecule has 0 bridgehead atoms. The van der Waals surface area contributed by atoms with E-state index in [2.05, 4.69) is 45.7 Å². The molecule has 1 fully saturated rings. The van der Waals surface area contributed by atoms with Crippen molar-refractivity contribution in [1.29, 1.82) is 0 Å². The Morgan fingerprint density at radius 2 is 2.44 bits per heavy atom. The molecule has 1 aliphatic rings. The first-order chi connectivity index (χ1) is 7.72. The largest absolute Gasteiger partial charge is 0.352 e. The summed E-state index contributed by atoms with van der Waals surface area (Å²) < 4.78 is 0. The maximum Gasteiger partial charge on any atom is 0.131 e. The molecule has 88 valence electrons. The van der Waals surface area contributed by atoms with Crippen LogP contribution < -0.4 is 4.90 Å². The van der Waals surface area contributed by atoms with E-state index in [0.29, 0.717) is 6.04 Å². The summed E-state index contributed by atoms with van der Waals surface area (Å²) in [5.74, 6) is 3.59. The molecule has 2 nitrogen and oxygen atoms in total. The minimum atomic E-state index is 0.597. The van der Waals surface area contributed by atoms with Crippen LogP contribution in [0.4, 0.5) is 5.82 Å². The maximum atomic E-state index is 4.61. The van der Waals surface area contributed by atoms with Gasteiger partial charge in [0.05, 0.1) is 0 Å². The number of nitrogens with zero attached hydrogens (tertiary/aromatic N) is 2. The van der Waals surface area contributed by atoms with Gasteiger partial charge in [-0.2, -0.15) is 11.8 Å². The highest BCUT2D eigenvalue weighted by molar-refractivity contribution is 9.08. The smallest absolute Gasteiger partial charge is 0.131 e. The number of thioether (sulfide) groups is 1. The van der Waals surface area contributed by atoms with Crippen LogP contribution in [0.1, 0.15) is 18.1 Å². The van der Waals surface area contributed by atoms with Crippen LogP contribution in [0.25, 0.3) is 0 Å². The zero-order valence-electron chi connectivity index (χ0n) is 9.74. The van der Waals surface area contributed by atoms with E-state index >= 15 is 0 Å². The normalized spacial score (nSPS) is 21.2. The molecule has 0 N–H and O–H groups in total. The number of pyridine rings is 1. The summed E-state index contributed by atoms with van der Waals surface area (Å²) in [5.41, 5.74) is 2.54. The predicted octanol–water partition coefficient (Wildman–Crippen LogP) is 3.23. The average Bonchev–Trinajstić information content (AvgIpc) is 2.30. The van der Waals surface area contributed by atoms with Gasteiger partial charge in [-0.3, -0.25) is 0 Å². The first-order valence-corrected chi connectivity index (χ1v) is 7.86. The van der Waals surface area contributed by atoms with Crippen molar-refractivity contribution in [3.63, 3.8) is 0 Å². The highest BCUT2D eigenvalue weighted by atomic mass is 79.9. The first-order valence-electron chi connectivity index (χ1n) is 5.58. The quantitative estimate of drug-likeness (QED) is 0.780. The molecule has 0 aromatic carbocycles. The second kappa shape index (κ2) is 5.41. The summed E-state index contributed by atoms with van der Waals surface area (Å²) in [6.07, 6.45) is 1.98. The Hall–Kier alpha value is -0.220. The molecule has 0 saturated carbocycles. The van der Waals surface area contributed by atoms with E-state index in [1.807, 2.05) is 18.0 Å². The van der Waals surface area contributed by atoms with E-state index in [1.54, 1.807) is 0 Å². The standard InChI is InChI=1S/C12H17BrN2S/c1-9-5-11(6-13)7-14-12(9)15-3-4-16-8-10(15)2/h5,7,10H,3-4,6,8H2,1-2H3. The van der Waals surface area contributed by atoms with Gasteiger partial charge in [0.2, 0.25) is 0 Å². The lowest BCUT2D eigenvalue weighted by Gasteiger charge is -2.35. The Kier molecular flexibility index (Phi) is 4.14. The molecule has 1 atom stereocenters. The zero-order chi connectivity index (χ0) is 11.5. The fourth-order valence-electron chi connectivity index (χ4n) is 2.04. The predicted molar refractivity (Wildman–Crippen MR) is 75.7 cm³/mol. The number of anilines is 1. The van der Waals surface area contributed by atoms with Crippen molar-refractivity contribution in [2.24, 2.45) is 0 Å². The molecular weight excluding hydrogens is 284 g/mol. The van der Waals surface area contributed by atoms with Crippen molar-refractivity contribution in [2.45, 2.75) is 25.2 Å². The molecule has 1 aromatic rings. The summed E-state index contributed by atoms with van der Waals surface area (Å²) in [6, 6.07) is 2.82. The SMILES string of the molecule is Cc1cc(CBr)cnc1N1CCSCC1C. The van der Waals surface area contributed by atoms with E-state index in [0.717, 1.165) is 17.7 Å². The molecule has 0 spiro atoms. The van der Waals surface area contributed by atoms with E-state index < -0.39 is 0 Å². The molecule has 0 amide bonds. The van der Waals surface area contributed by atoms with Gasteiger partial charge in [0, 0.05) is 35.6 Å². The van der Waals surface area contributed by atoms with E-state index in [1.165, 1.54) is 22.6 Å². The van der Waals surface area contributed by atoms with Gasteiger partial charge in [0.1, 0.15) is 5.82 Å². The summed E-state index contributed by atoms with van der Waals surface area (Å²) in [6.45, 7) is 5.56. The molecule has 16 heavy (non-hydrogen) atoms. The Balaban J connectivity index is 2.25. The summed E-state index contributed by atoms with van der Waals surface area (Å²) in [4.78, 5) is 7.04. The number of alkyl halides is 1. The van der Waals surface area contributed by atoms with Crippen LogP contribution in [-0.4, -0.2) is 29.1 Å². The summed E-state index contributed by atoms with van der Waals surface area (Å²) in [7, 11) is 0. The Morgan fingerprint density at radius 3 is 3.06 bits per heavy atom. The van der Waals surface area contributed by atoms with Gasteiger partial charge in [0.15, 0.2) is 0 Å². The van der Waals surface area contributed by atoms with Crippen LogP contribution in [0.15, 0.2) is 12.3 Å². The van der Waals surface area contributed by atoms with Crippen LogP contribution >= 0.6 is 27.7 Å². The molecule has 2 heterocycles. The molecule has 1 saturated heterocycles. The number of hydrogen-bond acceptors (Lipinski definition) is 3. The Bertz CT molecular complexity index is 370. The minimum Gasteiger partial charge on any atom is -0.352 e. The van der Waals surface area contributed by atoms with Crippen molar-refractivity contribution in [3.8, 4) is 0 Å². The van der Waals surface area contributed by atoms with Crippen molar-refractivity contribution in [3.05, 3.63) is 23.4 Å². The lowest BCUT2D eigenvalue weighted by atomic mass is 10.2. The number of halogens is 1. The number of hydrogen-bond donors (Lipinski definition) is 0. The van der Waals surface area contributed by atoms with E-state index in [-0.39, 0.29) is 0 Å². The third kappa shape index (κ3) is 2.54. The van der Waals surface area contributed by atoms with Gasteiger partial charge >= 0.3 is 0 Å². The first kappa shape index (κ1) is 12.2. The summed E-state index contributed by atoms with van der Waals surface area (Å²) in [5, 5.41) is 0.881. The van der Waals surface area contributed by atoms with Gasteiger partial charge in [-0.15, -0.1) is 0 Å². The van der Waals surface area contributed by atoms with Crippen molar-refractivity contribution >= 4 is 33.5 Å². The Labute approximate surface area is 110 Å². The van der Waals surface area contributed by atoms with Crippen molar-refractivity contribution in [1.82, 2.24) is 4.98 Å². The Morgan fingerprint density at radius 1 is 1.62 bits per heavy atom. The molecule has 2 rings (SSSR count). The third-order valence-corrected chi connectivity index (χ3v) is 4.74. The lowest BCUT2D eigenvalue weighted by Crippen LogP contribution is -2.41. The molecule has 1 aromatic heterocycles. The van der Waals surface area contributed by atoms with Crippen molar-refractivity contribution < 1.29 is 0 Å². The fraction of sp³-hybridized carbons (Fsp3) is 0.583. The van der Waals surface area contributed by atoms with Crippen LogP contribution in [0.2, 0.25) is 0 Å². The molecule has 4 heteroatoms. The highest BCUT2D eigenvalue weighted by Gasteiger charge is 2.21. The van der Waals surface area contributed by atoms with Crippen LogP contribution in [0.3, 0.4) is 0 Å². The maximum absolute atomic E-state index is 4.61. The second-order valence-electron chi connectivity index (χ2n) is 4.24. The average molecular weight is 301 g/mol. The number of rotatable bonds is 2. The molecule has 0 radical (unpaired) electrons. The number of aryl methyl sites for hydroxylation is 1. The molecule has 1 unspecified atom stereocenters. The van der Waals surface area contributed by atoms with Gasteiger partial charge in [0.25, 0.3) is 0 Å². The van der Waals surface area contributed by atoms with E-state index in [9.17, 15) is 0 Å². The molecule has 1 aliphatic heterocycles. The van der Waals surface area contributed by atoms with E-state index in [4.69, 9.17) is 0 Å². The van der Waals surface area contributed by atoms with Gasteiger partial charge in [-0.05, 0) is 25.0 Å². The second-order valence-corrected chi connectivity index (χ2v) is 5.95. The highest BCUT2D eigenvalue weighted by Crippen LogP contribution is 2.25. The monoisotopic (exact) mass is 300 g/mol. The third-order valence-electron chi connectivity index (χ3n) is 2.90. The van der Waals surface area contributed by atoms with Crippen molar-refractivity contribution in [2.75, 3.05) is 23.0 Å². The van der Waals surface area contributed by atoms with Crippen LogP contribution in [-0.2, 0) is 5.33 Å². The fourth-order valence-corrected chi connectivity index (χ4v) is 3.36. The van der Waals surface area contributed by atoms with Gasteiger partial charge in [-0.1, -0.05) is 22.0 Å². The topological polar surface area (TPSA) is 16.1 Å². The zero-order valence-corrected chi connectivity index (χ0v) is 12.1. The summed E-state index contributed by atoms with van der Waals surface area (Å²) >= 11 is 5.51. The van der Waals surface area contributed by atoms with Gasteiger partial charge < -0.3 is 4.90 Å².